The van der Waals surface area contributed by atoms with Gasteiger partial charge in [0.15, 0.2) is 5.82 Å². The van der Waals surface area contributed by atoms with Gasteiger partial charge in [0.25, 0.3) is 0 Å². The smallest absolute Gasteiger partial charge is 0.220 e. The van der Waals surface area contributed by atoms with Gasteiger partial charge in [-0.25, -0.2) is 13.8 Å². The van der Waals surface area contributed by atoms with Gasteiger partial charge in [-0.3, -0.25) is 0 Å². The van der Waals surface area contributed by atoms with Crippen LogP contribution in [0, 0.1) is 17.6 Å². The van der Waals surface area contributed by atoms with Crippen LogP contribution in [0.3, 0.4) is 0 Å². The maximum atomic E-state index is 13.6. The van der Waals surface area contributed by atoms with Crippen molar-refractivity contribution in [1.29, 1.82) is 0 Å². The van der Waals surface area contributed by atoms with Gasteiger partial charge in [0.2, 0.25) is 5.95 Å². The van der Waals surface area contributed by atoms with Gasteiger partial charge in [-0.1, -0.05) is 0 Å². The van der Waals surface area contributed by atoms with Crippen LogP contribution in [0.1, 0.15) is 0 Å². The zero-order valence-electron chi connectivity index (χ0n) is 8.05. The second kappa shape index (κ2) is 3.84. The van der Waals surface area contributed by atoms with Crippen LogP contribution in [0.15, 0.2) is 30.5 Å². The van der Waals surface area contributed by atoms with E-state index in [4.69, 9.17) is 5.73 Å². The first kappa shape index (κ1) is 10.5. The van der Waals surface area contributed by atoms with Crippen molar-refractivity contribution in [2.24, 2.45) is 0 Å². The Morgan fingerprint density at radius 3 is 2.44 bits per heavy atom. The molecule has 0 spiro atoms. The monoisotopic (exact) mass is 224 g/mol. The number of hydrogen-bond acceptors (Lipinski definition) is 2. The highest BCUT2D eigenvalue weighted by Gasteiger charge is 2.15. The van der Waals surface area contributed by atoms with E-state index in [-0.39, 0.29) is 11.1 Å². The van der Waals surface area contributed by atoms with Crippen molar-refractivity contribution in [3.05, 3.63) is 48.0 Å². The predicted molar refractivity (Wildman–Crippen MR) is 54.0 cm³/mol. The minimum absolute atomic E-state index is 0.0494. The largest absolute Gasteiger partial charge is 0.394 e. The molecule has 0 bridgehead atoms. The number of pyridine rings is 1. The molecule has 2 N–H and O–H groups in total. The van der Waals surface area contributed by atoms with E-state index in [9.17, 15) is 13.2 Å². The van der Waals surface area contributed by atoms with Gasteiger partial charge in [0.1, 0.15) is 11.5 Å². The molecule has 1 aromatic heterocycles. The molecule has 82 valence electrons. The molecule has 0 saturated heterocycles. The number of nitrogen functional groups attached to an aromatic ring is 1. The predicted octanol–water partition coefficient (Wildman–Crippen LogP) is 2.75. The molecule has 5 heteroatoms. The highest BCUT2D eigenvalue weighted by Crippen LogP contribution is 2.28. The molecule has 0 amide bonds. The van der Waals surface area contributed by atoms with Gasteiger partial charge in [0, 0.05) is 17.3 Å². The van der Waals surface area contributed by atoms with E-state index in [1.54, 1.807) is 0 Å². The summed E-state index contributed by atoms with van der Waals surface area (Å²) >= 11 is 0. The fraction of sp³-hybridized carbons (Fsp3) is 0. The lowest BCUT2D eigenvalue weighted by Crippen LogP contribution is -1.99. The molecule has 2 nitrogen and oxygen atoms in total. The Bertz CT molecular complexity index is 541. The fourth-order valence-corrected chi connectivity index (χ4v) is 1.36. The van der Waals surface area contributed by atoms with Crippen LogP contribution >= 0.6 is 0 Å². The molecule has 0 atom stereocenters. The number of nitrogens with zero attached hydrogens (tertiary/aromatic N) is 1. The van der Waals surface area contributed by atoms with Gasteiger partial charge in [-0.2, -0.15) is 4.39 Å². The SMILES string of the molecule is Nc1c(F)ccc(-c2cccnc2F)c1F. The van der Waals surface area contributed by atoms with Crippen molar-refractivity contribution in [1.82, 2.24) is 4.98 Å². The molecule has 0 aliphatic rings. The number of anilines is 1. The lowest BCUT2D eigenvalue weighted by Gasteiger charge is -2.06. The number of aromatic nitrogens is 1. The second-order valence-electron chi connectivity index (χ2n) is 3.16. The zero-order valence-corrected chi connectivity index (χ0v) is 8.05. The summed E-state index contributed by atoms with van der Waals surface area (Å²) in [7, 11) is 0. The molecule has 1 heterocycles. The van der Waals surface area contributed by atoms with E-state index >= 15 is 0 Å². The van der Waals surface area contributed by atoms with E-state index < -0.39 is 23.3 Å². The number of benzene rings is 1. The number of hydrogen-bond donors (Lipinski definition) is 1. The lowest BCUT2D eigenvalue weighted by molar-refractivity contribution is 0.577. The second-order valence-corrected chi connectivity index (χ2v) is 3.16. The van der Waals surface area contributed by atoms with Gasteiger partial charge in [-0.05, 0) is 24.3 Å². The molecular formula is C11H7F3N2. The Morgan fingerprint density at radius 1 is 1.00 bits per heavy atom. The summed E-state index contributed by atoms with van der Waals surface area (Å²) in [4.78, 5) is 3.38. The molecular weight excluding hydrogens is 217 g/mol. The van der Waals surface area contributed by atoms with Crippen LogP contribution in [0.25, 0.3) is 11.1 Å². The van der Waals surface area contributed by atoms with Crippen molar-refractivity contribution in [2.75, 3.05) is 5.73 Å². The maximum absolute atomic E-state index is 13.6. The molecule has 0 radical (unpaired) electrons. The minimum atomic E-state index is -0.980. The third kappa shape index (κ3) is 1.60. The number of nitrogens with two attached hydrogens (primary N) is 1. The van der Waals surface area contributed by atoms with Crippen LogP contribution in [0.5, 0.6) is 0 Å². The van der Waals surface area contributed by atoms with E-state index in [1.165, 1.54) is 18.3 Å². The first-order valence-corrected chi connectivity index (χ1v) is 4.45. The highest BCUT2D eigenvalue weighted by atomic mass is 19.1. The van der Waals surface area contributed by atoms with Crippen LogP contribution in [0.2, 0.25) is 0 Å². The van der Waals surface area contributed by atoms with Gasteiger partial charge < -0.3 is 5.73 Å². The van der Waals surface area contributed by atoms with Crippen molar-refractivity contribution in [2.45, 2.75) is 0 Å². The normalized spacial score (nSPS) is 10.4. The van der Waals surface area contributed by atoms with E-state index in [0.29, 0.717) is 0 Å². The van der Waals surface area contributed by atoms with E-state index in [2.05, 4.69) is 4.98 Å². The topological polar surface area (TPSA) is 38.9 Å². The summed E-state index contributed by atoms with van der Waals surface area (Å²) in [6.45, 7) is 0. The molecule has 1 aromatic carbocycles. The van der Waals surface area contributed by atoms with Crippen molar-refractivity contribution in [3.63, 3.8) is 0 Å². The zero-order chi connectivity index (χ0) is 11.7. The van der Waals surface area contributed by atoms with Crippen molar-refractivity contribution >= 4 is 5.69 Å². The number of rotatable bonds is 1. The Morgan fingerprint density at radius 2 is 1.75 bits per heavy atom. The van der Waals surface area contributed by atoms with Gasteiger partial charge in [-0.15, -0.1) is 0 Å². The molecule has 0 unspecified atom stereocenters. The summed E-state index contributed by atoms with van der Waals surface area (Å²) in [5, 5.41) is 0. The maximum Gasteiger partial charge on any atom is 0.220 e. The highest BCUT2D eigenvalue weighted by molar-refractivity contribution is 5.68. The number of halogens is 3. The van der Waals surface area contributed by atoms with Crippen molar-refractivity contribution in [3.8, 4) is 11.1 Å². The molecule has 0 saturated carbocycles. The Labute approximate surface area is 89.5 Å². The van der Waals surface area contributed by atoms with Crippen LogP contribution in [0.4, 0.5) is 18.9 Å². The van der Waals surface area contributed by atoms with Crippen LogP contribution in [-0.4, -0.2) is 4.98 Å². The Kier molecular flexibility index (Phi) is 2.52. The van der Waals surface area contributed by atoms with E-state index in [1.807, 2.05) is 0 Å². The third-order valence-corrected chi connectivity index (χ3v) is 2.18. The Balaban J connectivity index is 2.66. The van der Waals surface area contributed by atoms with Gasteiger partial charge in [0.05, 0.1) is 0 Å². The van der Waals surface area contributed by atoms with Gasteiger partial charge >= 0.3 is 0 Å². The van der Waals surface area contributed by atoms with Crippen LogP contribution < -0.4 is 5.73 Å². The molecule has 2 rings (SSSR count). The summed E-state index contributed by atoms with van der Waals surface area (Å²) in [5.41, 5.74) is 4.40. The molecule has 2 aromatic rings. The summed E-state index contributed by atoms with van der Waals surface area (Å²) in [6.07, 6.45) is 1.24. The molecule has 0 aliphatic carbocycles. The minimum Gasteiger partial charge on any atom is -0.394 e. The first-order chi connectivity index (χ1) is 7.61. The summed E-state index contributed by atoms with van der Waals surface area (Å²) in [6, 6.07) is 4.91. The standard InChI is InChI=1S/C11H7F3N2/c12-8-4-3-6(9(13)10(8)15)7-2-1-5-16-11(7)14/h1-5H,15H2. The van der Waals surface area contributed by atoms with Crippen LogP contribution in [-0.2, 0) is 0 Å². The molecule has 0 aliphatic heterocycles. The first-order valence-electron chi connectivity index (χ1n) is 4.45. The Hall–Kier alpha value is -2.04. The molecule has 16 heavy (non-hydrogen) atoms. The summed E-state index contributed by atoms with van der Waals surface area (Å²) in [5.74, 6) is -2.68. The average Bonchev–Trinajstić information content (AvgIpc) is 2.28. The average molecular weight is 224 g/mol. The fourth-order valence-electron chi connectivity index (χ4n) is 1.36. The lowest BCUT2D eigenvalue weighted by atomic mass is 10.1. The quantitative estimate of drug-likeness (QED) is 0.597. The van der Waals surface area contributed by atoms with E-state index in [0.717, 1.165) is 12.1 Å². The third-order valence-electron chi connectivity index (χ3n) is 2.18. The summed E-state index contributed by atoms with van der Waals surface area (Å²) < 4.78 is 39.7. The van der Waals surface area contributed by atoms with Crippen molar-refractivity contribution < 1.29 is 13.2 Å². The molecule has 0 fully saturated rings.